The molecule has 5 nitrogen and oxygen atoms in total. The maximum atomic E-state index is 11.5. The summed E-state index contributed by atoms with van der Waals surface area (Å²) in [5.74, 6) is 0. The molecule has 3 N–H and O–H groups in total. The molecule has 1 aromatic rings. The van der Waals surface area contributed by atoms with Crippen LogP contribution in [0.2, 0.25) is 0 Å². The van der Waals surface area contributed by atoms with Crippen LogP contribution < -0.4 is 10.6 Å². The molecule has 0 aliphatic rings. The summed E-state index contributed by atoms with van der Waals surface area (Å²) in [5, 5.41) is 23.3. The molecule has 18 heavy (non-hydrogen) atoms. The number of nitriles is 1. The summed E-state index contributed by atoms with van der Waals surface area (Å²) < 4.78 is 0. The van der Waals surface area contributed by atoms with Crippen LogP contribution in [0.15, 0.2) is 24.3 Å². The highest BCUT2D eigenvalue weighted by Gasteiger charge is 2.04. The van der Waals surface area contributed by atoms with Gasteiger partial charge < -0.3 is 15.7 Å². The molecule has 1 atom stereocenters. The second-order valence-corrected chi connectivity index (χ2v) is 3.92. The van der Waals surface area contributed by atoms with Crippen molar-refractivity contribution in [2.24, 2.45) is 0 Å². The van der Waals surface area contributed by atoms with E-state index in [2.05, 4.69) is 10.6 Å². The van der Waals surface area contributed by atoms with Crippen molar-refractivity contribution in [1.29, 1.82) is 5.26 Å². The molecule has 0 bridgehead atoms. The summed E-state index contributed by atoms with van der Waals surface area (Å²) in [6, 6.07) is 8.34. The highest BCUT2D eigenvalue weighted by atomic mass is 16.3. The molecule has 0 fully saturated rings. The maximum Gasteiger partial charge on any atom is 0.319 e. The Morgan fingerprint density at radius 3 is 3.00 bits per heavy atom. The summed E-state index contributed by atoms with van der Waals surface area (Å²) in [6.07, 6.45) is 0.822. The van der Waals surface area contributed by atoms with Gasteiger partial charge in [0.25, 0.3) is 0 Å². The van der Waals surface area contributed by atoms with Crippen molar-refractivity contribution in [3.8, 4) is 6.07 Å². The lowest BCUT2D eigenvalue weighted by molar-refractivity contribution is 0.160. The average Bonchev–Trinajstić information content (AvgIpc) is 2.38. The SMILES string of the molecule is CCC(O)CCNC(=O)Nc1cccc(C#N)c1. The molecule has 0 aliphatic heterocycles. The molecular weight excluding hydrogens is 230 g/mol. The molecular formula is C13H17N3O2. The Kier molecular flexibility index (Phi) is 5.68. The lowest BCUT2D eigenvalue weighted by atomic mass is 10.2. The lowest BCUT2D eigenvalue weighted by Crippen LogP contribution is -2.31. The third-order valence-corrected chi connectivity index (χ3v) is 2.48. The second kappa shape index (κ2) is 7.30. The molecule has 0 aliphatic carbocycles. The Bertz CT molecular complexity index is 440. The number of carbonyl (C=O) groups is 1. The topological polar surface area (TPSA) is 85.2 Å². The average molecular weight is 247 g/mol. The number of aliphatic hydroxyl groups is 1. The van der Waals surface area contributed by atoms with E-state index in [1.807, 2.05) is 13.0 Å². The van der Waals surface area contributed by atoms with E-state index in [1.54, 1.807) is 24.3 Å². The van der Waals surface area contributed by atoms with Gasteiger partial charge in [0.2, 0.25) is 0 Å². The minimum absolute atomic E-state index is 0.339. The number of nitrogens with one attached hydrogen (secondary N) is 2. The number of hydrogen-bond acceptors (Lipinski definition) is 3. The first kappa shape index (κ1) is 14.0. The number of rotatable bonds is 5. The van der Waals surface area contributed by atoms with E-state index in [9.17, 15) is 9.90 Å². The molecule has 1 aromatic carbocycles. The van der Waals surface area contributed by atoms with Crippen LogP contribution >= 0.6 is 0 Å². The minimum Gasteiger partial charge on any atom is -0.393 e. The van der Waals surface area contributed by atoms with Gasteiger partial charge >= 0.3 is 6.03 Å². The van der Waals surface area contributed by atoms with Crippen molar-refractivity contribution in [2.45, 2.75) is 25.9 Å². The van der Waals surface area contributed by atoms with E-state index < -0.39 is 0 Å². The first-order valence-electron chi connectivity index (χ1n) is 5.88. The van der Waals surface area contributed by atoms with E-state index >= 15 is 0 Å². The van der Waals surface area contributed by atoms with Crippen LogP contribution in [0.4, 0.5) is 10.5 Å². The number of anilines is 1. The normalized spacial score (nSPS) is 11.4. The van der Waals surface area contributed by atoms with Gasteiger partial charge in [-0.2, -0.15) is 5.26 Å². The molecule has 5 heteroatoms. The Hall–Kier alpha value is -2.06. The van der Waals surface area contributed by atoms with E-state index in [0.717, 1.165) is 0 Å². The first-order chi connectivity index (χ1) is 8.65. The summed E-state index contributed by atoms with van der Waals surface area (Å²) in [6.45, 7) is 2.30. The van der Waals surface area contributed by atoms with Crippen molar-refractivity contribution in [3.63, 3.8) is 0 Å². The van der Waals surface area contributed by atoms with Gasteiger partial charge in [-0.05, 0) is 31.0 Å². The highest BCUT2D eigenvalue weighted by Crippen LogP contribution is 2.09. The van der Waals surface area contributed by atoms with Gasteiger partial charge in [-0.25, -0.2) is 4.79 Å². The number of hydrogen-bond donors (Lipinski definition) is 3. The van der Waals surface area contributed by atoms with Gasteiger partial charge in [-0.3, -0.25) is 0 Å². The molecule has 0 saturated heterocycles. The molecule has 1 rings (SSSR count). The van der Waals surface area contributed by atoms with E-state index in [-0.39, 0.29) is 12.1 Å². The fourth-order valence-corrected chi connectivity index (χ4v) is 1.40. The van der Waals surface area contributed by atoms with Crippen molar-refractivity contribution in [1.82, 2.24) is 5.32 Å². The molecule has 0 heterocycles. The van der Waals surface area contributed by atoms with Gasteiger partial charge in [0.15, 0.2) is 0 Å². The maximum absolute atomic E-state index is 11.5. The molecule has 0 aromatic heterocycles. The van der Waals surface area contributed by atoms with Crippen molar-refractivity contribution < 1.29 is 9.90 Å². The summed E-state index contributed by atoms with van der Waals surface area (Å²) >= 11 is 0. The van der Waals surface area contributed by atoms with Crippen LogP contribution in [-0.2, 0) is 0 Å². The fourth-order valence-electron chi connectivity index (χ4n) is 1.40. The van der Waals surface area contributed by atoms with Crippen LogP contribution in [0.25, 0.3) is 0 Å². The summed E-state index contributed by atoms with van der Waals surface area (Å²) in [4.78, 5) is 11.5. The predicted molar refractivity (Wildman–Crippen MR) is 69.1 cm³/mol. The number of urea groups is 1. The van der Waals surface area contributed by atoms with Crippen molar-refractivity contribution >= 4 is 11.7 Å². The van der Waals surface area contributed by atoms with E-state index in [4.69, 9.17) is 5.26 Å². The van der Waals surface area contributed by atoms with Gasteiger partial charge in [-0.1, -0.05) is 13.0 Å². The van der Waals surface area contributed by atoms with Gasteiger partial charge in [0.05, 0.1) is 17.7 Å². The lowest BCUT2D eigenvalue weighted by Gasteiger charge is -2.10. The van der Waals surface area contributed by atoms with Gasteiger partial charge in [0, 0.05) is 12.2 Å². The Balaban J connectivity index is 2.38. The van der Waals surface area contributed by atoms with Crippen LogP contribution in [-0.4, -0.2) is 23.8 Å². The number of carbonyl (C=O) groups excluding carboxylic acids is 1. The third kappa shape index (κ3) is 4.85. The zero-order chi connectivity index (χ0) is 13.4. The Morgan fingerprint density at radius 2 is 2.33 bits per heavy atom. The first-order valence-corrected chi connectivity index (χ1v) is 5.88. The standard InChI is InChI=1S/C13H17N3O2/c1-2-12(17)6-7-15-13(18)16-11-5-3-4-10(8-11)9-14/h3-5,8,12,17H,2,6-7H2,1H3,(H2,15,16,18). The Labute approximate surface area is 106 Å². The van der Waals surface area contributed by atoms with Crippen LogP contribution in [0.3, 0.4) is 0 Å². The Morgan fingerprint density at radius 1 is 1.56 bits per heavy atom. The summed E-state index contributed by atoms with van der Waals surface area (Å²) in [7, 11) is 0. The predicted octanol–water partition coefficient (Wildman–Crippen LogP) is 1.84. The van der Waals surface area contributed by atoms with E-state index in [0.29, 0.717) is 30.6 Å². The smallest absolute Gasteiger partial charge is 0.319 e. The molecule has 0 radical (unpaired) electrons. The zero-order valence-electron chi connectivity index (χ0n) is 10.3. The molecule has 0 spiro atoms. The third-order valence-electron chi connectivity index (χ3n) is 2.48. The van der Waals surface area contributed by atoms with Gasteiger partial charge in [0.1, 0.15) is 0 Å². The van der Waals surface area contributed by atoms with Crippen LogP contribution in [0.1, 0.15) is 25.3 Å². The highest BCUT2D eigenvalue weighted by molar-refractivity contribution is 5.89. The minimum atomic E-state index is -0.382. The molecule has 2 amide bonds. The number of aliphatic hydroxyl groups excluding tert-OH is 1. The largest absolute Gasteiger partial charge is 0.393 e. The molecule has 96 valence electrons. The number of nitrogens with zero attached hydrogens (tertiary/aromatic N) is 1. The van der Waals surface area contributed by atoms with Crippen LogP contribution in [0.5, 0.6) is 0 Å². The number of benzene rings is 1. The van der Waals surface area contributed by atoms with E-state index in [1.165, 1.54) is 0 Å². The zero-order valence-corrected chi connectivity index (χ0v) is 10.3. The summed E-state index contributed by atoms with van der Waals surface area (Å²) in [5.41, 5.74) is 1.07. The molecule has 0 saturated carbocycles. The van der Waals surface area contributed by atoms with Crippen LogP contribution in [0, 0.1) is 11.3 Å². The molecule has 1 unspecified atom stereocenters. The quantitative estimate of drug-likeness (QED) is 0.742. The van der Waals surface area contributed by atoms with Crippen molar-refractivity contribution in [3.05, 3.63) is 29.8 Å². The van der Waals surface area contributed by atoms with Crippen molar-refractivity contribution in [2.75, 3.05) is 11.9 Å². The number of amides is 2. The fraction of sp³-hybridized carbons (Fsp3) is 0.385. The monoisotopic (exact) mass is 247 g/mol. The van der Waals surface area contributed by atoms with Gasteiger partial charge in [-0.15, -0.1) is 0 Å². The second-order valence-electron chi connectivity index (χ2n) is 3.92.